The summed E-state index contributed by atoms with van der Waals surface area (Å²) in [5, 5.41) is 10.6. The summed E-state index contributed by atoms with van der Waals surface area (Å²) in [5.74, 6) is 0.870. The maximum absolute atomic E-state index is 10.6. The number of aryl methyl sites for hydroxylation is 2. The Morgan fingerprint density at radius 3 is 2.58 bits per heavy atom. The van der Waals surface area contributed by atoms with Gasteiger partial charge in [-0.3, -0.25) is 0 Å². The Kier molecular flexibility index (Phi) is 3.03. The predicted octanol–water partition coefficient (Wildman–Crippen LogP) is 3.32. The van der Waals surface area contributed by atoms with Gasteiger partial charge in [0.2, 0.25) is 0 Å². The minimum atomic E-state index is -0.619. The molecule has 2 heteroatoms. The van der Waals surface area contributed by atoms with E-state index in [1.165, 1.54) is 16.7 Å². The highest BCUT2D eigenvalue weighted by molar-refractivity contribution is 5.48. The van der Waals surface area contributed by atoms with E-state index in [0.29, 0.717) is 6.61 Å². The third-order valence-electron chi connectivity index (χ3n) is 3.60. The zero-order valence-corrected chi connectivity index (χ0v) is 11.3. The SMILES string of the molecule is Cc1cc(C)cc(C(O)c2cccc3c2OCC3)c1. The van der Waals surface area contributed by atoms with Crippen LogP contribution in [0.2, 0.25) is 0 Å². The topological polar surface area (TPSA) is 29.5 Å². The van der Waals surface area contributed by atoms with Crippen molar-refractivity contribution < 1.29 is 9.84 Å². The number of aliphatic hydroxyl groups excluding tert-OH is 1. The van der Waals surface area contributed by atoms with Gasteiger partial charge < -0.3 is 9.84 Å². The summed E-state index contributed by atoms with van der Waals surface area (Å²) in [6.45, 7) is 4.82. The van der Waals surface area contributed by atoms with Crippen LogP contribution in [0.3, 0.4) is 0 Å². The summed E-state index contributed by atoms with van der Waals surface area (Å²) < 4.78 is 5.67. The van der Waals surface area contributed by atoms with Gasteiger partial charge >= 0.3 is 0 Å². The van der Waals surface area contributed by atoms with E-state index in [9.17, 15) is 5.11 Å². The van der Waals surface area contributed by atoms with Crippen LogP contribution < -0.4 is 4.74 Å². The first-order valence-corrected chi connectivity index (χ1v) is 6.66. The molecule has 0 fully saturated rings. The van der Waals surface area contributed by atoms with E-state index >= 15 is 0 Å². The number of fused-ring (bicyclic) bond motifs is 1. The minimum Gasteiger partial charge on any atom is -0.493 e. The second kappa shape index (κ2) is 4.71. The molecule has 2 aromatic carbocycles. The van der Waals surface area contributed by atoms with Crippen molar-refractivity contribution in [1.29, 1.82) is 0 Å². The molecule has 1 aliphatic heterocycles. The summed E-state index contributed by atoms with van der Waals surface area (Å²) in [4.78, 5) is 0. The number of benzene rings is 2. The van der Waals surface area contributed by atoms with Crippen molar-refractivity contribution in [3.8, 4) is 5.75 Å². The molecule has 0 saturated heterocycles. The number of hydrogen-bond donors (Lipinski definition) is 1. The smallest absolute Gasteiger partial charge is 0.128 e. The number of rotatable bonds is 2. The molecular formula is C17H18O2. The van der Waals surface area contributed by atoms with Crippen LogP contribution in [0.15, 0.2) is 36.4 Å². The first-order chi connectivity index (χ1) is 9.15. The lowest BCUT2D eigenvalue weighted by Gasteiger charge is -2.16. The van der Waals surface area contributed by atoms with E-state index in [2.05, 4.69) is 26.0 Å². The molecule has 2 aromatic rings. The van der Waals surface area contributed by atoms with Crippen molar-refractivity contribution in [2.45, 2.75) is 26.4 Å². The highest BCUT2D eigenvalue weighted by Crippen LogP contribution is 2.36. The molecule has 1 atom stereocenters. The van der Waals surface area contributed by atoms with Crippen molar-refractivity contribution in [3.05, 3.63) is 64.2 Å². The molecule has 98 valence electrons. The van der Waals surface area contributed by atoms with E-state index in [4.69, 9.17) is 4.74 Å². The molecule has 0 aromatic heterocycles. The summed E-state index contributed by atoms with van der Waals surface area (Å²) in [6.07, 6.45) is 0.314. The fourth-order valence-electron chi connectivity index (χ4n) is 2.80. The molecule has 0 spiro atoms. The van der Waals surface area contributed by atoms with Crippen LogP contribution in [-0.2, 0) is 6.42 Å². The molecule has 0 aliphatic carbocycles. The molecule has 2 nitrogen and oxygen atoms in total. The first-order valence-electron chi connectivity index (χ1n) is 6.66. The lowest BCUT2D eigenvalue weighted by atomic mass is 9.96. The fourth-order valence-corrected chi connectivity index (χ4v) is 2.80. The van der Waals surface area contributed by atoms with Crippen molar-refractivity contribution >= 4 is 0 Å². The molecule has 1 N–H and O–H groups in total. The predicted molar refractivity (Wildman–Crippen MR) is 75.6 cm³/mol. The van der Waals surface area contributed by atoms with Crippen molar-refractivity contribution in [1.82, 2.24) is 0 Å². The Morgan fingerprint density at radius 1 is 1.11 bits per heavy atom. The minimum absolute atomic E-state index is 0.619. The molecule has 19 heavy (non-hydrogen) atoms. The van der Waals surface area contributed by atoms with Gasteiger partial charge in [-0.25, -0.2) is 0 Å². The molecule has 1 aliphatic rings. The normalized spacial score (nSPS) is 14.9. The van der Waals surface area contributed by atoms with E-state index in [0.717, 1.165) is 23.3 Å². The summed E-state index contributed by atoms with van der Waals surface area (Å²) in [6, 6.07) is 12.2. The molecule has 0 saturated carbocycles. The summed E-state index contributed by atoms with van der Waals surface area (Å²) in [7, 11) is 0. The Hall–Kier alpha value is -1.80. The molecule has 0 bridgehead atoms. The first kappa shape index (κ1) is 12.2. The molecule has 0 radical (unpaired) electrons. The Bertz CT molecular complexity index is 596. The number of aliphatic hydroxyl groups is 1. The third kappa shape index (κ3) is 2.24. The standard InChI is InChI=1S/C17H18O2/c1-11-8-12(2)10-14(9-11)16(18)15-5-3-4-13-6-7-19-17(13)15/h3-5,8-10,16,18H,6-7H2,1-2H3. The Morgan fingerprint density at radius 2 is 1.84 bits per heavy atom. The maximum Gasteiger partial charge on any atom is 0.128 e. The van der Waals surface area contributed by atoms with Gasteiger partial charge in [0.15, 0.2) is 0 Å². The van der Waals surface area contributed by atoms with Crippen LogP contribution in [-0.4, -0.2) is 11.7 Å². The van der Waals surface area contributed by atoms with Gasteiger partial charge in [-0.1, -0.05) is 47.5 Å². The van der Waals surface area contributed by atoms with Crippen molar-refractivity contribution in [3.63, 3.8) is 0 Å². The van der Waals surface area contributed by atoms with Gasteiger partial charge in [0.25, 0.3) is 0 Å². The molecule has 1 heterocycles. The van der Waals surface area contributed by atoms with Gasteiger partial charge in [0.05, 0.1) is 6.61 Å². The monoisotopic (exact) mass is 254 g/mol. The van der Waals surface area contributed by atoms with E-state index < -0.39 is 6.10 Å². The van der Waals surface area contributed by atoms with Crippen LogP contribution in [0.25, 0.3) is 0 Å². The molecule has 0 amide bonds. The number of ether oxygens (including phenoxy) is 1. The van der Waals surface area contributed by atoms with E-state index in [1.54, 1.807) is 0 Å². The largest absolute Gasteiger partial charge is 0.493 e. The van der Waals surface area contributed by atoms with Crippen LogP contribution in [0.5, 0.6) is 5.75 Å². The van der Waals surface area contributed by atoms with E-state index in [1.807, 2.05) is 24.3 Å². The zero-order valence-electron chi connectivity index (χ0n) is 11.3. The average Bonchev–Trinajstić information content (AvgIpc) is 2.84. The second-order valence-electron chi connectivity index (χ2n) is 5.26. The van der Waals surface area contributed by atoms with Crippen LogP contribution in [0.4, 0.5) is 0 Å². The quantitative estimate of drug-likeness (QED) is 0.890. The van der Waals surface area contributed by atoms with Gasteiger partial charge in [-0.2, -0.15) is 0 Å². The maximum atomic E-state index is 10.6. The van der Waals surface area contributed by atoms with Crippen molar-refractivity contribution in [2.24, 2.45) is 0 Å². The molecule has 3 rings (SSSR count). The highest BCUT2D eigenvalue weighted by atomic mass is 16.5. The van der Waals surface area contributed by atoms with Crippen LogP contribution in [0.1, 0.15) is 33.9 Å². The number of hydrogen-bond acceptors (Lipinski definition) is 2. The Labute approximate surface area is 113 Å². The summed E-state index contributed by atoms with van der Waals surface area (Å²) >= 11 is 0. The van der Waals surface area contributed by atoms with Crippen molar-refractivity contribution in [2.75, 3.05) is 6.61 Å². The van der Waals surface area contributed by atoms with Gasteiger partial charge in [-0.15, -0.1) is 0 Å². The van der Waals surface area contributed by atoms with Gasteiger partial charge in [-0.05, 0) is 25.0 Å². The average molecular weight is 254 g/mol. The lowest BCUT2D eigenvalue weighted by molar-refractivity contribution is 0.213. The number of para-hydroxylation sites is 1. The highest BCUT2D eigenvalue weighted by Gasteiger charge is 2.21. The second-order valence-corrected chi connectivity index (χ2v) is 5.26. The summed E-state index contributed by atoms with van der Waals surface area (Å²) in [5.41, 5.74) is 5.34. The lowest BCUT2D eigenvalue weighted by Crippen LogP contribution is -2.03. The molecule has 1 unspecified atom stereocenters. The van der Waals surface area contributed by atoms with Gasteiger partial charge in [0, 0.05) is 12.0 Å². The van der Waals surface area contributed by atoms with Crippen LogP contribution >= 0.6 is 0 Å². The zero-order chi connectivity index (χ0) is 13.4. The third-order valence-corrected chi connectivity index (χ3v) is 3.60. The van der Waals surface area contributed by atoms with Crippen LogP contribution in [0, 0.1) is 13.8 Å². The fraction of sp³-hybridized carbons (Fsp3) is 0.294. The Balaban J connectivity index is 2.04. The molecular weight excluding hydrogens is 236 g/mol. The van der Waals surface area contributed by atoms with Gasteiger partial charge in [0.1, 0.15) is 11.9 Å². The van der Waals surface area contributed by atoms with E-state index in [-0.39, 0.29) is 0 Å².